The van der Waals surface area contributed by atoms with Gasteiger partial charge in [-0.1, -0.05) is 38.3 Å². The third kappa shape index (κ3) is 19.0. The highest BCUT2D eigenvalue weighted by atomic mass is 16.6. The zero-order valence-electron chi connectivity index (χ0n) is 17.3. The van der Waals surface area contributed by atoms with E-state index in [1.165, 1.54) is 19.3 Å². The van der Waals surface area contributed by atoms with Crippen molar-refractivity contribution < 1.29 is 19.1 Å². The minimum Gasteiger partial charge on any atom is -0.464 e. The van der Waals surface area contributed by atoms with Gasteiger partial charge in [-0.2, -0.15) is 0 Å². The molecule has 0 unspecified atom stereocenters. The molecular formula is C21H39NO4. The summed E-state index contributed by atoms with van der Waals surface area (Å²) in [5.74, 6) is -0.354. The van der Waals surface area contributed by atoms with Crippen LogP contribution in [0.25, 0.3) is 0 Å². The molecule has 152 valence electrons. The van der Waals surface area contributed by atoms with E-state index in [4.69, 9.17) is 9.47 Å². The number of ether oxygens (including phenoxy) is 2. The number of carbonyl (C=O) groups is 2. The van der Waals surface area contributed by atoms with Crippen LogP contribution in [0.4, 0.5) is 0 Å². The molecule has 0 aromatic carbocycles. The maximum absolute atomic E-state index is 11.6. The smallest absolute Gasteiger partial charge is 0.307 e. The van der Waals surface area contributed by atoms with E-state index in [0.29, 0.717) is 32.5 Å². The summed E-state index contributed by atoms with van der Waals surface area (Å²) in [4.78, 5) is 23.1. The topological polar surface area (TPSA) is 64.6 Å². The van der Waals surface area contributed by atoms with E-state index in [1.54, 1.807) is 0 Å². The van der Waals surface area contributed by atoms with E-state index in [-0.39, 0.29) is 11.9 Å². The van der Waals surface area contributed by atoms with Gasteiger partial charge in [0.15, 0.2) is 0 Å². The Kier molecular flexibility index (Phi) is 15.0. The molecule has 0 saturated carbocycles. The summed E-state index contributed by atoms with van der Waals surface area (Å²) in [6.45, 7) is 9.13. The molecule has 0 amide bonds. The summed E-state index contributed by atoms with van der Waals surface area (Å²) < 4.78 is 10.4. The second kappa shape index (κ2) is 15.9. The monoisotopic (exact) mass is 369 g/mol. The Morgan fingerprint density at radius 2 is 1.58 bits per heavy atom. The van der Waals surface area contributed by atoms with Gasteiger partial charge in [-0.3, -0.25) is 9.59 Å². The Bertz CT molecular complexity index is 399. The molecule has 5 heteroatoms. The van der Waals surface area contributed by atoms with E-state index in [9.17, 15) is 9.59 Å². The molecule has 0 aliphatic carbocycles. The third-order valence-corrected chi connectivity index (χ3v) is 3.62. The molecule has 0 aliphatic rings. The molecule has 5 nitrogen and oxygen atoms in total. The quantitative estimate of drug-likeness (QED) is 0.261. The van der Waals surface area contributed by atoms with Gasteiger partial charge >= 0.3 is 11.9 Å². The summed E-state index contributed by atoms with van der Waals surface area (Å²) in [6.07, 6.45) is 13.2. The first-order valence-electron chi connectivity index (χ1n) is 10.1. The first-order chi connectivity index (χ1) is 12.3. The largest absolute Gasteiger partial charge is 0.464 e. The van der Waals surface area contributed by atoms with Gasteiger partial charge < -0.3 is 14.8 Å². The molecule has 0 rings (SSSR count). The number of carbonyl (C=O) groups excluding carboxylic acids is 2. The predicted molar refractivity (Wildman–Crippen MR) is 106 cm³/mol. The van der Waals surface area contributed by atoms with Gasteiger partial charge in [-0.05, 0) is 46.5 Å². The minimum absolute atomic E-state index is 0.134. The van der Waals surface area contributed by atoms with Crippen LogP contribution in [0.3, 0.4) is 0 Å². The average molecular weight is 370 g/mol. The number of hydrogen-bond donors (Lipinski definition) is 1. The second-order valence-corrected chi connectivity index (χ2v) is 7.49. The van der Waals surface area contributed by atoms with Crippen molar-refractivity contribution in [1.29, 1.82) is 0 Å². The number of unbranched alkanes of at least 4 members (excludes halogenated alkanes) is 5. The molecule has 26 heavy (non-hydrogen) atoms. The van der Waals surface area contributed by atoms with Crippen molar-refractivity contribution in [2.24, 2.45) is 0 Å². The van der Waals surface area contributed by atoms with Gasteiger partial charge in [0.2, 0.25) is 0 Å². The summed E-state index contributed by atoms with van der Waals surface area (Å²) in [6, 6.07) is 0. The molecule has 0 atom stereocenters. The molecule has 0 fully saturated rings. The molecule has 0 aromatic heterocycles. The van der Waals surface area contributed by atoms with Crippen molar-refractivity contribution in [2.75, 3.05) is 19.7 Å². The van der Waals surface area contributed by atoms with Gasteiger partial charge in [-0.15, -0.1) is 0 Å². The highest BCUT2D eigenvalue weighted by molar-refractivity contribution is 5.70. The van der Waals surface area contributed by atoms with Crippen LogP contribution in [-0.2, 0) is 19.1 Å². The number of rotatable bonds is 15. The maximum Gasteiger partial charge on any atom is 0.307 e. The van der Waals surface area contributed by atoms with Crippen LogP contribution >= 0.6 is 0 Å². The molecule has 0 radical (unpaired) electrons. The fourth-order valence-corrected chi connectivity index (χ4v) is 2.36. The van der Waals surface area contributed by atoms with Crippen LogP contribution in [0.15, 0.2) is 12.2 Å². The fourth-order valence-electron chi connectivity index (χ4n) is 2.36. The lowest BCUT2D eigenvalue weighted by molar-refractivity contribution is -0.154. The highest BCUT2D eigenvalue weighted by Gasteiger charge is 2.15. The number of esters is 2. The Hall–Kier alpha value is -1.36. The number of nitrogens with one attached hydrogen (secondary N) is 1. The number of hydrogen-bond acceptors (Lipinski definition) is 5. The molecule has 1 N–H and O–H groups in total. The van der Waals surface area contributed by atoms with Crippen molar-refractivity contribution in [3.8, 4) is 0 Å². The molecule has 0 heterocycles. The standard InChI is InChI=1S/C21H39NO4/c1-5-6-7-8-9-10-11-12-13-14-19(23)25-18-17-22-16-15-20(24)26-21(2,3)4/h6-7,22H,5,8-18H2,1-4H3/b7-6-. The van der Waals surface area contributed by atoms with E-state index in [0.717, 1.165) is 25.7 Å². The summed E-state index contributed by atoms with van der Waals surface area (Å²) in [5, 5.41) is 3.08. The van der Waals surface area contributed by atoms with Crippen LogP contribution in [0.1, 0.15) is 85.5 Å². The van der Waals surface area contributed by atoms with Crippen molar-refractivity contribution in [3.63, 3.8) is 0 Å². The second-order valence-electron chi connectivity index (χ2n) is 7.49. The van der Waals surface area contributed by atoms with Crippen molar-refractivity contribution >= 4 is 11.9 Å². The van der Waals surface area contributed by atoms with Crippen molar-refractivity contribution in [1.82, 2.24) is 5.32 Å². The molecule has 0 aliphatic heterocycles. The van der Waals surface area contributed by atoms with Crippen LogP contribution in [0, 0.1) is 0 Å². The Balaban J connectivity index is 3.37. The van der Waals surface area contributed by atoms with Gasteiger partial charge in [0.25, 0.3) is 0 Å². The normalized spacial score (nSPS) is 11.7. The molecule has 0 spiro atoms. The van der Waals surface area contributed by atoms with Crippen molar-refractivity contribution in [2.45, 2.75) is 91.1 Å². The third-order valence-electron chi connectivity index (χ3n) is 3.62. The zero-order valence-corrected chi connectivity index (χ0v) is 17.3. The molecule has 0 aromatic rings. The van der Waals surface area contributed by atoms with E-state index < -0.39 is 5.60 Å². The summed E-state index contributed by atoms with van der Waals surface area (Å²) in [5.41, 5.74) is -0.446. The Morgan fingerprint density at radius 3 is 2.27 bits per heavy atom. The van der Waals surface area contributed by atoms with Crippen LogP contribution in [0.5, 0.6) is 0 Å². The predicted octanol–water partition coefficient (Wildman–Crippen LogP) is 4.55. The van der Waals surface area contributed by atoms with Crippen LogP contribution in [-0.4, -0.2) is 37.2 Å². The first-order valence-corrected chi connectivity index (χ1v) is 10.1. The van der Waals surface area contributed by atoms with E-state index in [2.05, 4.69) is 24.4 Å². The fraction of sp³-hybridized carbons (Fsp3) is 0.810. The summed E-state index contributed by atoms with van der Waals surface area (Å²) in [7, 11) is 0. The van der Waals surface area contributed by atoms with E-state index in [1.807, 2.05) is 20.8 Å². The Labute approximate surface area is 159 Å². The number of allylic oxidation sites excluding steroid dienone is 2. The zero-order chi connectivity index (χ0) is 19.7. The lowest BCUT2D eigenvalue weighted by Gasteiger charge is -2.19. The van der Waals surface area contributed by atoms with Crippen LogP contribution < -0.4 is 5.32 Å². The van der Waals surface area contributed by atoms with Gasteiger partial charge in [-0.25, -0.2) is 0 Å². The summed E-state index contributed by atoms with van der Waals surface area (Å²) >= 11 is 0. The van der Waals surface area contributed by atoms with Gasteiger partial charge in [0.05, 0.1) is 6.42 Å². The van der Waals surface area contributed by atoms with Crippen LogP contribution in [0.2, 0.25) is 0 Å². The minimum atomic E-state index is -0.446. The highest BCUT2D eigenvalue weighted by Crippen LogP contribution is 2.09. The van der Waals surface area contributed by atoms with E-state index >= 15 is 0 Å². The molecule has 0 saturated heterocycles. The SMILES string of the molecule is CC/C=C\CCCCCCCC(=O)OCCNCCC(=O)OC(C)(C)C. The maximum atomic E-state index is 11.6. The molecule has 0 bridgehead atoms. The lowest BCUT2D eigenvalue weighted by Crippen LogP contribution is -2.28. The van der Waals surface area contributed by atoms with Gasteiger partial charge in [0.1, 0.15) is 12.2 Å². The molecular weight excluding hydrogens is 330 g/mol. The lowest BCUT2D eigenvalue weighted by atomic mass is 10.1. The Morgan fingerprint density at radius 1 is 0.885 bits per heavy atom. The first kappa shape index (κ1) is 24.6. The van der Waals surface area contributed by atoms with Crippen molar-refractivity contribution in [3.05, 3.63) is 12.2 Å². The van der Waals surface area contributed by atoms with Gasteiger partial charge in [0, 0.05) is 19.5 Å². The average Bonchev–Trinajstić information content (AvgIpc) is 2.55.